The van der Waals surface area contributed by atoms with E-state index in [0.29, 0.717) is 12.4 Å². The molecule has 118 valence electrons. The molecule has 2 heterocycles. The molecule has 0 saturated carbocycles. The average Bonchev–Trinajstić information content (AvgIpc) is 2.89. The van der Waals surface area contributed by atoms with E-state index in [2.05, 4.69) is 15.6 Å². The summed E-state index contributed by atoms with van der Waals surface area (Å²) in [6.07, 6.45) is 3.73. The number of hydrogen-bond acceptors (Lipinski definition) is 4. The van der Waals surface area contributed by atoms with E-state index >= 15 is 0 Å². The van der Waals surface area contributed by atoms with Crippen molar-refractivity contribution < 1.29 is 9.53 Å². The first-order valence-electron chi connectivity index (χ1n) is 7.09. The van der Waals surface area contributed by atoms with Crippen molar-refractivity contribution in [2.24, 2.45) is 0 Å². The van der Waals surface area contributed by atoms with Gasteiger partial charge in [0.25, 0.3) is 0 Å². The third kappa shape index (κ3) is 5.89. The molecule has 1 fully saturated rings. The minimum Gasteiger partial charge on any atom is -0.472 e. The summed E-state index contributed by atoms with van der Waals surface area (Å²) in [5, 5.41) is 6.11. The van der Waals surface area contributed by atoms with E-state index < -0.39 is 0 Å². The third-order valence-electron chi connectivity index (χ3n) is 3.05. The van der Waals surface area contributed by atoms with Crippen LogP contribution in [0, 0.1) is 0 Å². The fourth-order valence-electron chi connectivity index (χ4n) is 2.11. The van der Waals surface area contributed by atoms with Crippen molar-refractivity contribution in [3.8, 4) is 5.88 Å². The predicted molar refractivity (Wildman–Crippen MR) is 84.7 cm³/mol. The molecule has 6 heteroatoms. The highest BCUT2D eigenvalue weighted by Gasteiger charge is 2.21. The highest BCUT2D eigenvalue weighted by atomic mass is 35.5. The van der Waals surface area contributed by atoms with Crippen LogP contribution in [0.25, 0.3) is 0 Å². The van der Waals surface area contributed by atoms with Gasteiger partial charge in [0.2, 0.25) is 11.8 Å². The summed E-state index contributed by atoms with van der Waals surface area (Å²) in [5.41, 5.74) is 0.717. The van der Waals surface area contributed by atoms with Gasteiger partial charge in [0, 0.05) is 18.8 Å². The molecule has 1 atom stereocenters. The first kappa shape index (κ1) is 17.7. The standard InChI is InChI=1S/C15H23N3O2.ClH/c1-15(2,3)20-13-7-6-11(9-17-13)10-18-14(19)12-5-4-8-16-12;/h6-7,9,12,16H,4-5,8,10H2,1-3H3,(H,18,19);1H. The molecule has 1 saturated heterocycles. The van der Waals surface area contributed by atoms with Gasteiger partial charge >= 0.3 is 0 Å². The number of nitrogens with zero attached hydrogens (tertiary/aromatic N) is 1. The lowest BCUT2D eigenvalue weighted by Gasteiger charge is -2.20. The van der Waals surface area contributed by atoms with E-state index in [9.17, 15) is 4.79 Å². The van der Waals surface area contributed by atoms with Crippen molar-refractivity contribution in [1.29, 1.82) is 0 Å². The molecule has 1 aliphatic rings. The van der Waals surface area contributed by atoms with Gasteiger partial charge in [0.05, 0.1) is 6.04 Å². The molecular weight excluding hydrogens is 290 g/mol. The predicted octanol–water partition coefficient (Wildman–Crippen LogP) is 2.05. The first-order valence-corrected chi connectivity index (χ1v) is 7.09. The van der Waals surface area contributed by atoms with E-state index in [1.165, 1.54) is 0 Å². The molecular formula is C15H24ClN3O2. The SMILES string of the molecule is CC(C)(C)Oc1ccc(CNC(=O)C2CCCN2)cn1.Cl. The lowest BCUT2D eigenvalue weighted by molar-refractivity contribution is -0.122. The molecule has 0 aliphatic carbocycles. The van der Waals surface area contributed by atoms with Gasteiger partial charge in [-0.15, -0.1) is 12.4 Å². The van der Waals surface area contributed by atoms with Crippen LogP contribution >= 0.6 is 12.4 Å². The fourth-order valence-corrected chi connectivity index (χ4v) is 2.11. The number of amides is 1. The van der Waals surface area contributed by atoms with Gasteiger partial charge in [-0.2, -0.15) is 0 Å². The molecule has 0 aromatic carbocycles. The number of rotatable bonds is 4. The lowest BCUT2D eigenvalue weighted by atomic mass is 10.2. The molecule has 5 nitrogen and oxygen atoms in total. The molecule has 1 unspecified atom stereocenters. The molecule has 0 radical (unpaired) electrons. The number of ether oxygens (including phenoxy) is 1. The summed E-state index contributed by atoms with van der Waals surface area (Å²) >= 11 is 0. The minimum atomic E-state index is -0.253. The number of carbonyl (C=O) groups is 1. The number of aromatic nitrogens is 1. The summed E-state index contributed by atoms with van der Waals surface area (Å²) in [6, 6.07) is 3.73. The van der Waals surface area contributed by atoms with Gasteiger partial charge in [-0.1, -0.05) is 6.07 Å². The van der Waals surface area contributed by atoms with Crippen LogP contribution in [-0.4, -0.2) is 29.1 Å². The molecule has 1 aliphatic heterocycles. The summed E-state index contributed by atoms with van der Waals surface area (Å²) in [6.45, 7) is 7.38. The fraction of sp³-hybridized carbons (Fsp3) is 0.600. The molecule has 21 heavy (non-hydrogen) atoms. The number of pyridine rings is 1. The molecule has 1 amide bonds. The second-order valence-corrected chi connectivity index (χ2v) is 6.09. The van der Waals surface area contributed by atoms with Crippen LogP contribution < -0.4 is 15.4 Å². The normalized spacial score (nSPS) is 18.0. The van der Waals surface area contributed by atoms with E-state index in [4.69, 9.17) is 4.74 Å². The highest BCUT2D eigenvalue weighted by molar-refractivity contribution is 5.85. The van der Waals surface area contributed by atoms with Crippen LogP contribution in [0.4, 0.5) is 0 Å². The van der Waals surface area contributed by atoms with Crippen LogP contribution in [-0.2, 0) is 11.3 Å². The molecule has 0 spiro atoms. The Hall–Kier alpha value is -1.33. The zero-order valence-electron chi connectivity index (χ0n) is 12.8. The monoisotopic (exact) mass is 313 g/mol. The zero-order valence-corrected chi connectivity index (χ0v) is 13.6. The summed E-state index contributed by atoms with van der Waals surface area (Å²) in [5.74, 6) is 0.669. The van der Waals surface area contributed by atoms with Crippen LogP contribution in [0.5, 0.6) is 5.88 Å². The topological polar surface area (TPSA) is 63.2 Å². The maximum Gasteiger partial charge on any atom is 0.237 e. The zero-order chi connectivity index (χ0) is 14.6. The van der Waals surface area contributed by atoms with Crippen molar-refractivity contribution in [1.82, 2.24) is 15.6 Å². The van der Waals surface area contributed by atoms with Gasteiger partial charge in [0.15, 0.2) is 0 Å². The maximum atomic E-state index is 11.9. The maximum absolute atomic E-state index is 11.9. The largest absolute Gasteiger partial charge is 0.472 e. The molecule has 1 aromatic heterocycles. The van der Waals surface area contributed by atoms with Gasteiger partial charge in [-0.3, -0.25) is 4.79 Å². The summed E-state index contributed by atoms with van der Waals surface area (Å²) in [4.78, 5) is 16.1. The van der Waals surface area contributed by atoms with E-state index in [0.717, 1.165) is 24.9 Å². The third-order valence-corrected chi connectivity index (χ3v) is 3.05. The highest BCUT2D eigenvalue weighted by Crippen LogP contribution is 2.15. The first-order chi connectivity index (χ1) is 9.44. The number of carbonyl (C=O) groups excluding carboxylic acids is 1. The van der Waals surface area contributed by atoms with Gasteiger partial charge in [-0.25, -0.2) is 4.98 Å². The number of halogens is 1. The quantitative estimate of drug-likeness (QED) is 0.893. The minimum absolute atomic E-state index is 0. The van der Waals surface area contributed by atoms with Gasteiger partial charge in [0.1, 0.15) is 5.60 Å². The van der Waals surface area contributed by atoms with Crippen LogP contribution in [0.3, 0.4) is 0 Å². The van der Waals surface area contributed by atoms with Gasteiger partial charge in [-0.05, 0) is 45.7 Å². The van der Waals surface area contributed by atoms with Crippen molar-refractivity contribution in [3.63, 3.8) is 0 Å². The molecule has 2 N–H and O–H groups in total. The Bertz CT molecular complexity index is 451. The van der Waals surface area contributed by atoms with E-state index in [1.807, 2.05) is 32.9 Å². The Morgan fingerprint density at radius 1 is 1.48 bits per heavy atom. The van der Waals surface area contributed by atoms with Crippen LogP contribution in [0.1, 0.15) is 39.2 Å². The molecule has 2 rings (SSSR count). The van der Waals surface area contributed by atoms with Crippen molar-refractivity contribution >= 4 is 18.3 Å². The van der Waals surface area contributed by atoms with Crippen molar-refractivity contribution in [2.45, 2.75) is 51.8 Å². The van der Waals surface area contributed by atoms with Gasteiger partial charge < -0.3 is 15.4 Å². The van der Waals surface area contributed by atoms with Crippen molar-refractivity contribution in [2.75, 3.05) is 6.54 Å². The Morgan fingerprint density at radius 3 is 2.76 bits per heavy atom. The van der Waals surface area contributed by atoms with E-state index in [-0.39, 0.29) is 30.0 Å². The number of hydrogen-bond donors (Lipinski definition) is 2. The van der Waals surface area contributed by atoms with Crippen LogP contribution in [0.2, 0.25) is 0 Å². The van der Waals surface area contributed by atoms with Crippen molar-refractivity contribution in [3.05, 3.63) is 23.9 Å². The summed E-state index contributed by atoms with van der Waals surface area (Å²) < 4.78 is 5.66. The second kappa shape index (κ2) is 7.61. The second-order valence-electron chi connectivity index (χ2n) is 6.09. The average molecular weight is 314 g/mol. The Morgan fingerprint density at radius 2 is 2.24 bits per heavy atom. The van der Waals surface area contributed by atoms with Crippen LogP contribution in [0.15, 0.2) is 18.3 Å². The lowest BCUT2D eigenvalue weighted by Crippen LogP contribution is -2.40. The van der Waals surface area contributed by atoms with E-state index in [1.54, 1.807) is 6.20 Å². The Balaban J connectivity index is 0.00000220. The smallest absolute Gasteiger partial charge is 0.237 e. The number of nitrogens with one attached hydrogen (secondary N) is 2. The molecule has 1 aromatic rings. The summed E-state index contributed by atoms with van der Waals surface area (Å²) in [7, 11) is 0. The molecule has 0 bridgehead atoms. The Labute approximate surface area is 132 Å². The Kier molecular flexibility index (Phi) is 6.42.